The molecule has 24 heavy (non-hydrogen) atoms. The Balaban J connectivity index is 1.87. The summed E-state index contributed by atoms with van der Waals surface area (Å²) < 4.78 is 5.73. The molecule has 0 aliphatic carbocycles. The Bertz CT molecular complexity index is 889. The lowest BCUT2D eigenvalue weighted by atomic mass is 10.00. The van der Waals surface area contributed by atoms with Crippen LogP contribution in [0.3, 0.4) is 0 Å². The smallest absolute Gasteiger partial charge is 0.336 e. The number of carboxylic acid groups (broad SMARTS) is 1. The minimum absolute atomic E-state index is 0.256. The second-order valence-corrected chi connectivity index (χ2v) is 5.90. The molecule has 1 N–H and O–H groups in total. The zero-order valence-electron chi connectivity index (χ0n) is 12.4. The Morgan fingerprint density at radius 2 is 1.62 bits per heavy atom. The van der Waals surface area contributed by atoms with Crippen molar-refractivity contribution in [1.29, 1.82) is 0 Å². The monoisotopic (exact) mass is 358 g/mol. The van der Waals surface area contributed by atoms with Crippen LogP contribution in [-0.4, -0.2) is 11.1 Å². The fourth-order valence-electron chi connectivity index (χ4n) is 2.31. The normalized spacial score (nSPS) is 10.4. The number of carboxylic acids is 1. The topological polar surface area (TPSA) is 46.5 Å². The van der Waals surface area contributed by atoms with Gasteiger partial charge in [0.25, 0.3) is 0 Å². The van der Waals surface area contributed by atoms with Crippen LogP contribution in [0, 0.1) is 0 Å². The van der Waals surface area contributed by atoms with Gasteiger partial charge in [0.2, 0.25) is 0 Å². The zero-order chi connectivity index (χ0) is 17.1. The van der Waals surface area contributed by atoms with Crippen LogP contribution in [0.25, 0.3) is 11.1 Å². The maximum Gasteiger partial charge on any atom is 0.336 e. The summed E-state index contributed by atoms with van der Waals surface area (Å²) in [6, 6.07) is 19.0. The van der Waals surface area contributed by atoms with E-state index in [0.717, 1.165) is 5.56 Å². The van der Waals surface area contributed by atoms with Crippen molar-refractivity contribution in [1.82, 2.24) is 0 Å². The van der Waals surface area contributed by atoms with Gasteiger partial charge in [0.1, 0.15) is 11.5 Å². The van der Waals surface area contributed by atoms with E-state index in [2.05, 4.69) is 0 Å². The lowest BCUT2D eigenvalue weighted by Gasteiger charge is -2.10. The standard InChI is InChI=1S/C19H12Cl2O3/c20-13-7-10-18(17(21)11-13)24-14-8-5-12(6-9-14)15-3-1-2-4-16(15)19(22)23/h1-11H,(H,22,23). The molecule has 0 saturated heterocycles. The van der Waals surface area contributed by atoms with Crippen molar-refractivity contribution >= 4 is 29.2 Å². The molecule has 0 radical (unpaired) electrons. The van der Waals surface area contributed by atoms with Gasteiger partial charge in [-0.1, -0.05) is 53.5 Å². The van der Waals surface area contributed by atoms with Crippen LogP contribution in [-0.2, 0) is 0 Å². The SMILES string of the molecule is O=C(O)c1ccccc1-c1ccc(Oc2ccc(Cl)cc2Cl)cc1. The molecule has 0 aliphatic heterocycles. The fraction of sp³-hybridized carbons (Fsp3) is 0. The Kier molecular flexibility index (Phi) is 4.74. The Labute approximate surface area is 149 Å². The summed E-state index contributed by atoms with van der Waals surface area (Å²) in [6.45, 7) is 0. The highest BCUT2D eigenvalue weighted by Crippen LogP contribution is 2.33. The molecule has 3 aromatic rings. The minimum Gasteiger partial charge on any atom is -0.478 e. The number of benzene rings is 3. The second kappa shape index (κ2) is 6.95. The molecule has 0 unspecified atom stereocenters. The average molecular weight is 359 g/mol. The third kappa shape index (κ3) is 3.53. The van der Waals surface area contributed by atoms with Crippen molar-refractivity contribution in [2.45, 2.75) is 0 Å². The van der Waals surface area contributed by atoms with Crippen molar-refractivity contribution in [2.75, 3.05) is 0 Å². The van der Waals surface area contributed by atoms with Gasteiger partial charge in [0, 0.05) is 5.02 Å². The molecule has 120 valence electrons. The quantitative estimate of drug-likeness (QED) is 0.608. The van der Waals surface area contributed by atoms with Crippen LogP contribution in [0.5, 0.6) is 11.5 Å². The molecule has 0 amide bonds. The summed E-state index contributed by atoms with van der Waals surface area (Å²) in [4.78, 5) is 11.3. The van der Waals surface area contributed by atoms with Crippen LogP contribution in [0.4, 0.5) is 0 Å². The summed E-state index contributed by atoms with van der Waals surface area (Å²) in [7, 11) is 0. The molecular formula is C19H12Cl2O3. The molecule has 0 aliphatic rings. The summed E-state index contributed by atoms with van der Waals surface area (Å²) >= 11 is 11.9. The third-order valence-electron chi connectivity index (χ3n) is 3.44. The first kappa shape index (κ1) is 16.4. The van der Waals surface area contributed by atoms with Gasteiger partial charge in [-0.3, -0.25) is 0 Å². The molecule has 3 rings (SSSR count). The van der Waals surface area contributed by atoms with E-state index in [4.69, 9.17) is 27.9 Å². The van der Waals surface area contributed by atoms with Gasteiger partial charge < -0.3 is 9.84 Å². The first-order valence-corrected chi connectivity index (χ1v) is 7.86. The van der Waals surface area contributed by atoms with Crippen LogP contribution in [0.2, 0.25) is 10.0 Å². The number of aromatic carboxylic acids is 1. The number of carbonyl (C=O) groups is 1. The van der Waals surface area contributed by atoms with E-state index in [-0.39, 0.29) is 5.56 Å². The van der Waals surface area contributed by atoms with Gasteiger partial charge in [-0.2, -0.15) is 0 Å². The molecule has 5 heteroatoms. The van der Waals surface area contributed by atoms with E-state index in [1.165, 1.54) is 0 Å². The van der Waals surface area contributed by atoms with E-state index in [1.54, 1.807) is 66.7 Å². The zero-order valence-corrected chi connectivity index (χ0v) is 13.9. The first-order chi connectivity index (χ1) is 11.5. The predicted molar refractivity (Wildman–Crippen MR) is 95.4 cm³/mol. The van der Waals surface area contributed by atoms with Crippen LogP contribution >= 0.6 is 23.2 Å². The average Bonchev–Trinajstić information content (AvgIpc) is 2.58. The molecule has 0 bridgehead atoms. The number of hydrogen-bond donors (Lipinski definition) is 1. The van der Waals surface area contributed by atoms with E-state index in [0.29, 0.717) is 27.1 Å². The summed E-state index contributed by atoms with van der Waals surface area (Å²) in [5, 5.41) is 10.2. The van der Waals surface area contributed by atoms with E-state index in [1.807, 2.05) is 0 Å². The van der Waals surface area contributed by atoms with Crippen molar-refractivity contribution < 1.29 is 14.6 Å². The molecule has 0 atom stereocenters. The number of ether oxygens (including phenoxy) is 1. The lowest BCUT2D eigenvalue weighted by Crippen LogP contribution is -1.98. The number of hydrogen-bond acceptors (Lipinski definition) is 2. The summed E-state index contributed by atoms with van der Waals surface area (Å²) in [5.41, 5.74) is 1.70. The van der Waals surface area contributed by atoms with Gasteiger partial charge in [0.05, 0.1) is 10.6 Å². The highest BCUT2D eigenvalue weighted by Gasteiger charge is 2.11. The molecular weight excluding hydrogens is 347 g/mol. The molecule has 3 nitrogen and oxygen atoms in total. The van der Waals surface area contributed by atoms with Crippen LogP contribution in [0.15, 0.2) is 66.7 Å². The van der Waals surface area contributed by atoms with E-state index < -0.39 is 5.97 Å². The van der Waals surface area contributed by atoms with Crippen molar-refractivity contribution in [3.8, 4) is 22.6 Å². The number of rotatable bonds is 4. The third-order valence-corrected chi connectivity index (χ3v) is 3.97. The van der Waals surface area contributed by atoms with Gasteiger partial charge in [0.15, 0.2) is 0 Å². The predicted octanol–water partition coefficient (Wildman–Crippen LogP) is 6.15. The molecule has 0 heterocycles. The second-order valence-electron chi connectivity index (χ2n) is 5.05. The maximum atomic E-state index is 11.3. The fourth-order valence-corrected chi connectivity index (χ4v) is 2.76. The molecule has 0 spiro atoms. The molecule has 0 fully saturated rings. The van der Waals surface area contributed by atoms with E-state index in [9.17, 15) is 9.90 Å². The highest BCUT2D eigenvalue weighted by atomic mass is 35.5. The van der Waals surface area contributed by atoms with Gasteiger partial charge in [-0.25, -0.2) is 4.79 Å². The van der Waals surface area contributed by atoms with E-state index >= 15 is 0 Å². The largest absolute Gasteiger partial charge is 0.478 e. The first-order valence-electron chi connectivity index (χ1n) is 7.10. The molecule has 0 saturated carbocycles. The van der Waals surface area contributed by atoms with Gasteiger partial charge in [-0.15, -0.1) is 0 Å². The Morgan fingerprint density at radius 3 is 2.29 bits per heavy atom. The van der Waals surface area contributed by atoms with Crippen molar-refractivity contribution in [3.63, 3.8) is 0 Å². The summed E-state index contributed by atoms with van der Waals surface area (Å²) in [6.07, 6.45) is 0. The Hall–Kier alpha value is -2.49. The van der Waals surface area contributed by atoms with Crippen molar-refractivity contribution in [3.05, 3.63) is 82.3 Å². The van der Waals surface area contributed by atoms with Gasteiger partial charge in [-0.05, 0) is 47.5 Å². The maximum absolute atomic E-state index is 11.3. The van der Waals surface area contributed by atoms with Crippen LogP contribution in [0.1, 0.15) is 10.4 Å². The van der Waals surface area contributed by atoms with Gasteiger partial charge >= 0.3 is 5.97 Å². The van der Waals surface area contributed by atoms with Crippen molar-refractivity contribution in [2.24, 2.45) is 0 Å². The van der Waals surface area contributed by atoms with Crippen LogP contribution < -0.4 is 4.74 Å². The Morgan fingerprint density at radius 1 is 0.917 bits per heavy atom. The molecule has 3 aromatic carbocycles. The lowest BCUT2D eigenvalue weighted by molar-refractivity contribution is 0.0697. The summed E-state index contributed by atoms with van der Waals surface area (Å²) in [5.74, 6) is 0.134. The number of halogens is 2. The minimum atomic E-state index is -0.959. The molecule has 0 aromatic heterocycles. The highest BCUT2D eigenvalue weighted by molar-refractivity contribution is 6.35.